The van der Waals surface area contributed by atoms with Gasteiger partial charge in [0.2, 0.25) is 0 Å². The van der Waals surface area contributed by atoms with Gasteiger partial charge in [-0.25, -0.2) is 4.98 Å². The third-order valence-corrected chi connectivity index (χ3v) is 5.20. The maximum atomic E-state index is 13.2. The van der Waals surface area contributed by atoms with Crippen molar-refractivity contribution in [2.45, 2.75) is 13.5 Å². The summed E-state index contributed by atoms with van der Waals surface area (Å²) in [5.74, 6) is 1.18. The number of nitrogens with one attached hydrogen (secondary N) is 1. The summed E-state index contributed by atoms with van der Waals surface area (Å²) in [6, 6.07) is 23.0. The summed E-state index contributed by atoms with van der Waals surface area (Å²) in [6.45, 7) is 2.10. The summed E-state index contributed by atoms with van der Waals surface area (Å²) in [5.41, 5.74) is 3.30. The molecule has 5 aromatic rings. The van der Waals surface area contributed by atoms with Crippen molar-refractivity contribution in [3.63, 3.8) is 0 Å². The second-order valence-corrected chi connectivity index (χ2v) is 7.25. The molecule has 0 aliphatic heterocycles. The van der Waals surface area contributed by atoms with Crippen LogP contribution >= 0.6 is 0 Å². The molecule has 0 bridgehead atoms. The molecule has 0 saturated carbocycles. The van der Waals surface area contributed by atoms with Crippen LogP contribution < -0.4 is 10.3 Å². The highest BCUT2D eigenvalue weighted by atomic mass is 16.5. The van der Waals surface area contributed by atoms with Gasteiger partial charge in [0.25, 0.3) is 5.56 Å². The number of fused-ring (bicyclic) bond motifs is 2. The highest BCUT2D eigenvalue weighted by Crippen LogP contribution is 2.19. The minimum atomic E-state index is -0.231. The lowest BCUT2D eigenvalue weighted by Gasteiger charge is -2.12. The molecule has 6 heteroatoms. The molecule has 152 valence electrons. The normalized spacial score (nSPS) is 11.5. The lowest BCUT2D eigenvalue weighted by Crippen LogP contribution is -2.23. The van der Waals surface area contributed by atoms with Crippen molar-refractivity contribution in [2.24, 2.45) is 5.10 Å². The minimum Gasteiger partial charge on any atom is -0.485 e. The SMILES string of the molecule is Cc1ccccc1OCc1nc2ccccc2c(=O)n1/N=C/c1c[nH]c2ccccc12. The first-order chi connectivity index (χ1) is 15.2. The van der Waals surface area contributed by atoms with Crippen molar-refractivity contribution < 1.29 is 4.74 Å². The predicted octanol–water partition coefficient (Wildman–Crippen LogP) is 4.65. The van der Waals surface area contributed by atoms with Gasteiger partial charge >= 0.3 is 0 Å². The fourth-order valence-corrected chi connectivity index (χ4v) is 3.56. The van der Waals surface area contributed by atoms with E-state index >= 15 is 0 Å². The van der Waals surface area contributed by atoms with Crippen LogP contribution in [-0.4, -0.2) is 20.9 Å². The molecule has 0 atom stereocenters. The number of aromatic nitrogens is 3. The van der Waals surface area contributed by atoms with Gasteiger partial charge < -0.3 is 9.72 Å². The quantitative estimate of drug-likeness (QED) is 0.430. The first-order valence-corrected chi connectivity index (χ1v) is 10.0. The summed E-state index contributed by atoms with van der Waals surface area (Å²) in [6.07, 6.45) is 3.55. The van der Waals surface area contributed by atoms with E-state index in [-0.39, 0.29) is 12.2 Å². The standard InChI is InChI=1S/C25H20N4O2/c1-17-8-2-7-13-23(17)31-16-24-28-22-12-6-4-10-20(22)25(30)29(24)27-15-18-14-26-21-11-5-3-9-19(18)21/h2-15,26H,16H2,1H3/b27-15+. The first kappa shape index (κ1) is 18.8. The number of H-pyrrole nitrogens is 1. The molecule has 6 nitrogen and oxygen atoms in total. The van der Waals surface area contributed by atoms with Gasteiger partial charge in [0.05, 0.1) is 17.1 Å². The van der Waals surface area contributed by atoms with E-state index in [0.29, 0.717) is 16.7 Å². The van der Waals surface area contributed by atoms with Crippen molar-refractivity contribution in [1.29, 1.82) is 0 Å². The van der Waals surface area contributed by atoms with Crippen molar-refractivity contribution in [1.82, 2.24) is 14.6 Å². The zero-order valence-corrected chi connectivity index (χ0v) is 16.9. The first-order valence-electron chi connectivity index (χ1n) is 10.0. The largest absolute Gasteiger partial charge is 0.485 e. The number of hydrogen-bond donors (Lipinski definition) is 1. The number of para-hydroxylation sites is 3. The molecule has 2 heterocycles. The molecule has 0 amide bonds. The number of aromatic amines is 1. The maximum Gasteiger partial charge on any atom is 0.282 e. The highest BCUT2D eigenvalue weighted by Gasteiger charge is 2.12. The van der Waals surface area contributed by atoms with E-state index in [1.807, 2.05) is 79.9 Å². The Labute approximate surface area is 178 Å². The minimum absolute atomic E-state index is 0.121. The van der Waals surface area contributed by atoms with Crippen LogP contribution in [0.4, 0.5) is 0 Å². The molecule has 2 aromatic heterocycles. The molecular formula is C25H20N4O2. The molecule has 0 saturated heterocycles. The Morgan fingerprint density at radius 2 is 1.74 bits per heavy atom. The summed E-state index contributed by atoms with van der Waals surface area (Å²) in [5, 5.41) is 6.05. The zero-order valence-electron chi connectivity index (χ0n) is 16.9. The van der Waals surface area contributed by atoms with Crippen LogP contribution in [0.1, 0.15) is 17.0 Å². The van der Waals surface area contributed by atoms with Crippen molar-refractivity contribution in [3.05, 3.63) is 106 Å². The van der Waals surface area contributed by atoms with E-state index in [1.165, 1.54) is 4.68 Å². The van der Waals surface area contributed by atoms with Crippen LogP contribution in [0.3, 0.4) is 0 Å². The van der Waals surface area contributed by atoms with Crippen LogP contribution in [-0.2, 0) is 6.61 Å². The third-order valence-electron chi connectivity index (χ3n) is 5.20. The third kappa shape index (κ3) is 3.59. The topological polar surface area (TPSA) is 72.3 Å². The molecule has 0 spiro atoms. The zero-order chi connectivity index (χ0) is 21.2. The van der Waals surface area contributed by atoms with Crippen molar-refractivity contribution >= 4 is 28.0 Å². The fraction of sp³-hybridized carbons (Fsp3) is 0.0800. The van der Waals surface area contributed by atoms with E-state index in [1.54, 1.807) is 12.3 Å². The van der Waals surface area contributed by atoms with Crippen molar-refractivity contribution in [2.75, 3.05) is 0 Å². The summed E-state index contributed by atoms with van der Waals surface area (Å²) in [4.78, 5) is 21.1. The van der Waals surface area contributed by atoms with Gasteiger partial charge in [-0.3, -0.25) is 4.79 Å². The number of aryl methyl sites for hydroxylation is 1. The molecular weight excluding hydrogens is 388 g/mol. The van der Waals surface area contributed by atoms with E-state index in [2.05, 4.69) is 15.1 Å². The van der Waals surface area contributed by atoms with Gasteiger partial charge in [-0.15, -0.1) is 0 Å². The molecule has 31 heavy (non-hydrogen) atoms. The summed E-state index contributed by atoms with van der Waals surface area (Å²) >= 11 is 0. The molecule has 0 aliphatic carbocycles. The Morgan fingerprint density at radius 3 is 2.61 bits per heavy atom. The molecule has 0 radical (unpaired) electrons. The number of ether oxygens (including phenoxy) is 1. The Hall–Kier alpha value is -4.19. The van der Waals surface area contributed by atoms with Gasteiger partial charge in [-0.2, -0.15) is 9.78 Å². The Bertz CT molecular complexity index is 1480. The number of nitrogens with zero attached hydrogens (tertiary/aromatic N) is 3. The molecule has 0 unspecified atom stereocenters. The summed E-state index contributed by atoms with van der Waals surface area (Å²) in [7, 11) is 0. The van der Waals surface area contributed by atoms with Crippen LogP contribution in [0.2, 0.25) is 0 Å². The monoisotopic (exact) mass is 408 g/mol. The fourth-order valence-electron chi connectivity index (χ4n) is 3.56. The Kier molecular flexibility index (Phi) is 4.80. The summed E-state index contributed by atoms with van der Waals surface area (Å²) < 4.78 is 7.29. The Morgan fingerprint density at radius 1 is 1.00 bits per heavy atom. The average Bonchev–Trinajstić information content (AvgIpc) is 3.21. The van der Waals surface area contributed by atoms with Gasteiger partial charge in [0.15, 0.2) is 5.82 Å². The van der Waals surface area contributed by atoms with E-state index in [0.717, 1.165) is 27.8 Å². The molecule has 0 fully saturated rings. The predicted molar refractivity (Wildman–Crippen MR) is 123 cm³/mol. The van der Waals surface area contributed by atoms with Crippen LogP contribution in [0, 0.1) is 6.92 Å². The number of hydrogen-bond acceptors (Lipinski definition) is 4. The van der Waals surface area contributed by atoms with Gasteiger partial charge in [-0.1, -0.05) is 48.5 Å². The van der Waals surface area contributed by atoms with Gasteiger partial charge in [0, 0.05) is 22.7 Å². The smallest absolute Gasteiger partial charge is 0.282 e. The van der Waals surface area contributed by atoms with Gasteiger partial charge in [0.1, 0.15) is 12.4 Å². The van der Waals surface area contributed by atoms with Gasteiger partial charge in [-0.05, 0) is 36.8 Å². The second kappa shape index (κ2) is 7.91. The van der Waals surface area contributed by atoms with Crippen LogP contribution in [0.15, 0.2) is 88.9 Å². The van der Waals surface area contributed by atoms with Crippen LogP contribution in [0.5, 0.6) is 5.75 Å². The molecule has 5 rings (SSSR count). The molecule has 1 N–H and O–H groups in total. The lowest BCUT2D eigenvalue weighted by atomic mass is 10.2. The maximum absolute atomic E-state index is 13.2. The lowest BCUT2D eigenvalue weighted by molar-refractivity contribution is 0.287. The molecule has 3 aromatic carbocycles. The molecule has 0 aliphatic rings. The van der Waals surface area contributed by atoms with E-state index in [4.69, 9.17) is 4.74 Å². The highest BCUT2D eigenvalue weighted by molar-refractivity contribution is 5.98. The van der Waals surface area contributed by atoms with E-state index in [9.17, 15) is 4.79 Å². The Balaban J connectivity index is 1.58. The second-order valence-electron chi connectivity index (χ2n) is 7.25. The number of benzene rings is 3. The van der Waals surface area contributed by atoms with Crippen LogP contribution in [0.25, 0.3) is 21.8 Å². The van der Waals surface area contributed by atoms with E-state index < -0.39 is 0 Å². The average molecular weight is 408 g/mol. The van der Waals surface area contributed by atoms with Crippen molar-refractivity contribution in [3.8, 4) is 5.75 Å². The number of rotatable bonds is 5.